The summed E-state index contributed by atoms with van der Waals surface area (Å²) in [6, 6.07) is 7.64. The van der Waals surface area contributed by atoms with Crippen molar-refractivity contribution >= 4 is 27.6 Å². The van der Waals surface area contributed by atoms with Crippen molar-refractivity contribution < 1.29 is 4.79 Å². The van der Waals surface area contributed by atoms with Crippen LogP contribution in [-0.4, -0.2) is 74.1 Å². The van der Waals surface area contributed by atoms with Gasteiger partial charge in [-0.2, -0.15) is 0 Å². The Kier molecular flexibility index (Phi) is 6.02. The molecule has 0 atom stereocenters. The second kappa shape index (κ2) is 7.77. The highest BCUT2D eigenvalue weighted by Gasteiger charge is 2.20. The van der Waals surface area contributed by atoms with Gasteiger partial charge in [0.05, 0.1) is 0 Å². The summed E-state index contributed by atoms with van der Waals surface area (Å²) in [6.07, 6.45) is 0. The lowest BCUT2D eigenvalue weighted by atomic mass is 10.3. The number of likely N-dealkylation sites (N-methyl/N-ethyl adjacent to an activating group) is 1. The highest BCUT2D eigenvalue weighted by molar-refractivity contribution is 9.10. The minimum atomic E-state index is -0.00965. The van der Waals surface area contributed by atoms with Crippen molar-refractivity contribution in [2.24, 2.45) is 0 Å². The Morgan fingerprint density at radius 1 is 1.19 bits per heavy atom. The average molecular weight is 355 g/mol. The molecule has 116 valence electrons. The number of benzene rings is 1. The van der Waals surface area contributed by atoms with Gasteiger partial charge in [-0.3, -0.25) is 4.90 Å². The molecule has 0 bridgehead atoms. The molecule has 1 aromatic carbocycles. The molecule has 2 amide bonds. The van der Waals surface area contributed by atoms with Crippen molar-refractivity contribution in [3.63, 3.8) is 0 Å². The van der Waals surface area contributed by atoms with Gasteiger partial charge in [-0.25, -0.2) is 4.79 Å². The lowest BCUT2D eigenvalue weighted by Crippen LogP contribution is -2.51. The number of carbonyl (C=O) groups is 1. The topological polar surface area (TPSA) is 38.8 Å². The predicted octanol–water partition coefficient (Wildman–Crippen LogP) is 2.16. The van der Waals surface area contributed by atoms with E-state index in [2.05, 4.69) is 45.1 Å². The van der Waals surface area contributed by atoms with Crippen molar-refractivity contribution in [1.29, 1.82) is 0 Å². The molecule has 1 aliphatic heterocycles. The Bertz CT molecular complexity index is 455. The second-order valence-corrected chi connectivity index (χ2v) is 6.48. The molecule has 0 unspecified atom stereocenters. The van der Waals surface area contributed by atoms with Crippen LogP contribution < -0.4 is 5.32 Å². The van der Waals surface area contributed by atoms with Crippen LogP contribution in [0.15, 0.2) is 28.7 Å². The fourth-order valence-corrected chi connectivity index (χ4v) is 2.52. The Balaban J connectivity index is 1.76. The van der Waals surface area contributed by atoms with Crippen LogP contribution in [0.2, 0.25) is 0 Å². The van der Waals surface area contributed by atoms with E-state index >= 15 is 0 Å². The normalized spacial score (nSPS) is 16.3. The third kappa shape index (κ3) is 5.30. The van der Waals surface area contributed by atoms with Gasteiger partial charge in [0, 0.05) is 49.4 Å². The predicted molar refractivity (Wildman–Crippen MR) is 89.7 cm³/mol. The number of hydrogen-bond donors (Lipinski definition) is 1. The zero-order chi connectivity index (χ0) is 15.2. The molecular weight excluding hydrogens is 332 g/mol. The first-order valence-electron chi connectivity index (χ1n) is 7.23. The summed E-state index contributed by atoms with van der Waals surface area (Å²) in [5.74, 6) is 0. The Morgan fingerprint density at radius 2 is 1.81 bits per heavy atom. The van der Waals surface area contributed by atoms with Gasteiger partial charge in [-0.1, -0.05) is 15.9 Å². The molecule has 1 aliphatic rings. The lowest BCUT2D eigenvalue weighted by Gasteiger charge is -2.35. The molecule has 5 nitrogen and oxygen atoms in total. The molecule has 0 aromatic heterocycles. The summed E-state index contributed by atoms with van der Waals surface area (Å²) in [4.78, 5) is 18.7. The Hall–Kier alpha value is -1.11. The van der Waals surface area contributed by atoms with Crippen molar-refractivity contribution in [2.45, 2.75) is 0 Å². The van der Waals surface area contributed by atoms with E-state index in [0.717, 1.165) is 49.4 Å². The minimum Gasteiger partial charge on any atom is -0.322 e. The standard InChI is InChI=1S/C15H23BrN4O/c1-18(2)7-8-19-9-11-20(12-10-19)15(21)17-14-5-3-13(16)4-6-14/h3-6H,7-12H2,1-2H3,(H,17,21). The summed E-state index contributed by atoms with van der Waals surface area (Å²) in [5.41, 5.74) is 0.832. The summed E-state index contributed by atoms with van der Waals surface area (Å²) in [6.45, 7) is 5.59. The Morgan fingerprint density at radius 3 is 2.38 bits per heavy atom. The summed E-state index contributed by atoms with van der Waals surface area (Å²) in [5, 5.41) is 2.94. The van der Waals surface area contributed by atoms with Gasteiger partial charge in [-0.05, 0) is 38.4 Å². The zero-order valence-corrected chi connectivity index (χ0v) is 14.3. The monoisotopic (exact) mass is 354 g/mol. The number of piperazine rings is 1. The molecule has 1 heterocycles. The van der Waals surface area contributed by atoms with E-state index in [9.17, 15) is 4.79 Å². The van der Waals surface area contributed by atoms with Crippen molar-refractivity contribution in [2.75, 3.05) is 58.7 Å². The molecule has 1 N–H and O–H groups in total. The van der Waals surface area contributed by atoms with Crippen molar-refractivity contribution in [3.8, 4) is 0 Å². The van der Waals surface area contributed by atoms with Crippen LogP contribution in [0.3, 0.4) is 0 Å². The van der Waals surface area contributed by atoms with Crippen LogP contribution in [0, 0.1) is 0 Å². The maximum atomic E-state index is 12.2. The maximum absolute atomic E-state index is 12.2. The summed E-state index contributed by atoms with van der Waals surface area (Å²) < 4.78 is 1.01. The molecule has 0 saturated carbocycles. The molecule has 6 heteroatoms. The van der Waals surface area contributed by atoms with Crippen LogP contribution >= 0.6 is 15.9 Å². The highest BCUT2D eigenvalue weighted by atomic mass is 79.9. The van der Waals surface area contributed by atoms with E-state index < -0.39 is 0 Å². The number of nitrogens with one attached hydrogen (secondary N) is 1. The average Bonchev–Trinajstić information content (AvgIpc) is 2.48. The molecule has 0 spiro atoms. The second-order valence-electron chi connectivity index (χ2n) is 5.57. The van der Waals surface area contributed by atoms with Crippen molar-refractivity contribution in [3.05, 3.63) is 28.7 Å². The van der Waals surface area contributed by atoms with Crippen LogP contribution in [0.4, 0.5) is 10.5 Å². The molecule has 1 fully saturated rings. The van der Waals surface area contributed by atoms with E-state index in [4.69, 9.17) is 0 Å². The number of amides is 2. The number of rotatable bonds is 4. The molecule has 21 heavy (non-hydrogen) atoms. The summed E-state index contributed by atoms with van der Waals surface area (Å²) >= 11 is 3.39. The van der Waals surface area contributed by atoms with E-state index in [-0.39, 0.29) is 6.03 Å². The van der Waals surface area contributed by atoms with Gasteiger partial charge in [0.2, 0.25) is 0 Å². The zero-order valence-electron chi connectivity index (χ0n) is 12.7. The SMILES string of the molecule is CN(C)CCN1CCN(C(=O)Nc2ccc(Br)cc2)CC1. The quantitative estimate of drug-likeness (QED) is 0.900. The molecule has 2 rings (SSSR count). The number of anilines is 1. The van der Waals surface area contributed by atoms with Crippen molar-refractivity contribution in [1.82, 2.24) is 14.7 Å². The Labute approximate surface area is 135 Å². The van der Waals surface area contributed by atoms with Gasteiger partial charge >= 0.3 is 6.03 Å². The van der Waals surface area contributed by atoms with Gasteiger partial charge < -0.3 is 15.1 Å². The molecule has 0 aliphatic carbocycles. The fraction of sp³-hybridized carbons (Fsp3) is 0.533. The molecule has 1 saturated heterocycles. The third-order valence-corrected chi connectivity index (χ3v) is 4.15. The van der Waals surface area contributed by atoms with Gasteiger partial charge in [0.25, 0.3) is 0 Å². The number of halogens is 1. The third-order valence-electron chi connectivity index (χ3n) is 3.62. The number of carbonyl (C=O) groups excluding carboxylic acids is 1. The van der Waals surface area contributed by atoms with Gasteiger partial charge in [0.1, 0.15) is 0 Å². The van der Waals surface area contributed by atoms with E-state index in [1.807, 2.05) is 29.2 Å². The van der Waals surface area contributed by atoms with Crippen LogP contribution in [0.25, 0.3) is 0 Å². The highest BCUT2D eigenvalue weighted by Crippen LogP contribution is 2.15. The minimum absolute atomic E-state index is 0.00965. The van der Waals surface area contributed by atoms with Crippen LogP contribution in [0.1, 0.15) is 0 Å². The first-order valence-corrected chi connectivity index (χ1v) is 8.02. The summed E-state index contributed by atoms with van der Waals surface area (Å²) in [7, 11) is 4.17. The first kappa shape index (κ1) is 16.3. The van der Waals surface area contributed by atoms with Gasteiger partial charge in [0.15, 0.2) is 0 Å². The molecule has 1 aromatic rings. The van der Waals surface area contributed by atoms with E-state index in [1.165, 1.54) is 0 Å². The smallest absolute Gasteiger partial charge is 0.321 e. The van der Waals surface area contributed by atoms with Gasteiger partial charge in [-0.15, -0.1) is 0 Å². The maximum Gasteiger partial charge on any atom is 0.321 e. The lowest BCUT2D eigenvalue weighted by molar-refractivity contribution is 0.140. The van der Waals surface area contributed by atoms with Crippen LogP contribution in [0.5, 0.6) is 0 Å². The number of urea groups is 1. The molecule has 0 radical (unpaired) electrons. The van der Waals surface area contributed by atoms with E-state index in [0.29, 0.717) is 0 Å². The number of hydrogen-bond acceptors (Lipinski definition) is 3. The number of nitrogens with zero attached hydrogens (tertiary/aromatic N) is 3. The molecular formula is C15H23BrN4O. The largest absolute Gasteiger partial charge is 0.322 e. The first-order chi connectivity index (χ1) is 10.0. The van der Waals surface area contributed by atoms with Crippen LogP contribution in [-0.2, 0) is 0 Å². The fourth-order valence-electron chi connectivity index (χ4n) is 2.25. The van der Waals surface area contributed by atoms with E-state index in [1.54, 1.807) is 0 Å².